The van der Waals surface area contributed by atoms with Gasteiger partial charge in [0.15, 0.2) is 0 Å². The summed E-state index contributed by atoms with van der Waals surface area (Å²) in [7, 11) is 0. The van der Waals surface area contributed by atoms with Crippen LogP contribution in [0.3, 0.4) is 0 Å². The van der Waals surface area contributed by atoms with Gasteiger partial charge in [-0.3, -0.25) is 19.7 Å². The van der Waals surface area contributed by atoms with Gasteiger partial charge in [-0.05, 0) is 6.92 Å². The highest BCUT2D eigenvalue weighted by atomic mass is 16.2. The first-order chi connectivity index (χ1) is 5.04. The Morgan fingerprint density at radius 3 is 2.09 bits per heavy atom. The van der Waals surface area contributed by atoms with Gasteiger partial charge >= 0.3 is 0 Å². The molecule has 0 fully saturated rings. The molecule has 0 saturated heterocycles. The van der Waals surface area contributed by atoms with Crippen molar-refractivity contribution in [3.05, 3.63) is 11.1 Å². The summed E-state index contributed by atoms with van der Waals surface area (Å²) in [5.74, 6) is -2.13. The summed E-state index contributed by atoms with van der Waals surface area (Å²) in [4.78, 5) is 32.0. The third-order valence-electron chi connectivity index (χ3n) is 1.42. The zero-order valence-corrected chi connectivity index (χ0v) is 5.80. The van der Waals surface area contributed by atoms with Gasteiger partial charge in [-0.2, -0.15) is 0 Å². The summed E-state index contributed by atoms with van der Waals surface area (Å²) >= 11 is 0. The van der Waals surface area contributed by atoms with E-state index in [1.807, 2.05) is 5.32 Å². The van der Waals surface area contributed by atoms with Crippen LogP contribution in [-0.2, 0) is 14.4 Å². The Balaban J connectivity index is 3.17. The standard InChI is InChI=1S/C6H6N2O3/c1-2-3(4(7)9)6(11)8-5(2)10/h1H3,(H2,7,9)(H,8,10,11). The number of hydrogen-bond donors (Lipinski definition) is 2. The van der Waals surface area contributed by atoms with Gasteiger partial charge in [0.25, 0.3) is 17.7 Å². The van der Waals surface area contributed by atoms with Crippen LogP contribution in [0.2, 0.25) is 0 Å². The minimum absolute atomic E-state index is 0.0856. The smallest absolute Gasteiger partial charge is 0.264 e. The van der Waals surface area contributed by atoms with Crippen LogP contribution in [0.15, 0.2) is 11.1 Å². The molecular weight excluding hydrogens is 148 g/mol. The largest absolute Gasteiger partial charge is 0.365 e. The summed E-state index contributed by atoms with van der Waals surface area (Å²) in [6, 6.07) is 0. The van der Waals surface area contributed by atoms with Gasteiger partial charge in [0.05, 0.1) is 0 Å². The molecule has 58 valence electrons. The van der Waals surface area contributed by atoms with Crippen molar-refractivity contribution in [2.45, 2.75) is 6.92 Å². The van der Waals surface area contributed by atoms with E-state index in [1.54, 1.807) is 0 Å². The van der Waals surface area contributed by atoms with Gasteiger partial charge < -0.3 is 5.73 Å². The Bertz CT molecular complexity index is 290. The summed E-state index contributed by atoms with van der Waals surface area (Å²) in [6.07, 6.45) is 0. The quantitative estimate of drug-likeness (QED) is 0.353. The van der Waals surface area contributed by atoms with Gasteiger partial charge in [0.1, 0.15) is 5.57 Å². The maximum Gasteiger partial charge on any atom is 0.264 e. The molecule has 0 aromatic carbocycles. The fraction of sp³-hybridized carbons (Fsp3) is 0.167. The third kappa shape index (κ3) is 1.000. The molecule has 0 saturated carbocycles. The topological polar surface area (TPSA) is 89.3 Å². The van der Waals surface area contributed by atoms with E-state index in [0.717, 1.165) is 0 Å². The monoisotopic (exact) mass is 154 g/mol. The summed E-state index contributed by atoms with van der Waals surface area (Å²) in [5, 5.41) is 1.95. The summed E-state index contributed by atoms with van der Waals surface area (Å²) < 4.78 is 0. The number of nitrogens with one attached hydrogen (secondary N) is 1. The molecule has 0 aromatic rings. The van der Waals surface area contributed by atoms with Crippen LogP contribution in [0.25, 0.3) is 0 Å². The summed E-state index contributed by atoms with van der Waals surface area (Å²) in [5.41, 5.74) is 4.68. The maximum absolute atomic E-state index is 10.7. The Kier molecular flexibility index (Phi) is 1.48. The van der Waals surface area contributed by atoms with Gasteiger partial charge in [-0.15, -0.1) is 0 Å². The molecule has 0 unspecified atom stereocenters. The lowest BCUT2D eigenvalue weighted by Gasteiger charge is -1.90. The SMILES string of the molecule is CC1=C(C(N)=O)C(=O)NC1=O. The van der Waals surface area contributed by atoms with Crippen molar-refractivity contribution in [3.8, 4) is 0 Å². The molecule has 5 nitrogen and oxygen atoms in total. The molecule has 0 atom stereocenters. The van der Waals surface area contributed by atoms with Crippen LogP contribution < -0.4 is 11.1 Å². The number of nitrogens with two attached hydrogens (primary N) is 1. The van der Waals surface area contributed by atoms with E-state index in [1.165, 1.54) is 6.92 Å². The van der Waals surface area contributed by atoms with Crippen molar-refractivity contribution in [3.63, 3.8) is 0 Å². The number of primary amides is 1. The third-order valence-corrected chi connectivity index (χ3v) is 1.42. The van der Waals surface area contributed by atoms with Crippen molar-refractivity contribution in [1.82, 2.24) is 5.32 Å². The second-order valence-electron chi connectivity index (χ2n) is 2.15. The molecule has 11 heavy (non-hydrogen) atoms. The average molecular weight is 154 g/mol. The number of rotatable bonds is 1. The van der Waals surface area contributed by atoms with Crippen molar-refractivity contribution >= 4 is 17.7 Å². The molecule has 1 aliphatic heterocycles. The number of amides is 3. The Hall–Kier alpha value is -1.65. The van der Waals surface area contributed by atoms with Crippen LogP contribution in [0, 0.1) is 0 Å². The molecule has 3 N–H and O–H groups in total. The van der Waals surface area contributed by atoms with Gasteiger partial charge in [-0.25, -0.2) is 0 Å². The van der Waals surface area contributed by atoms with Crippen molar-refractivity contribution < 1.29 is 14.4 Å². The lowest BCUT2D eigenvalue weighted by Crippen LogP contribution is -2.26. The van der Waals surface area contributed by atoms with Gasteiger partial charge in [0, 0.05) is 5.57 Å². The minimum Gasteiger partial charge on any atom is -0.365 e. The molecule has 0 bridgehead atoms. The van der Waals surface area contributed by atoms with Crippen LogP contribution in [0.4, 0.5) is 0 Å². The predicted molar refractivity (Wildman–Crippen MR) is 35.0 cm³/mol. The number of carbonyl (C=O) groups excluding carboxylic acids is 3. The normalized spacial score (nSPS) is 17.2. The molecule has 1 rings (SSSR count). The molecule has 1 heterocycles. The van der Waals surface area contributed by atoms with Gasteiger partial charge in [-0.1, -0.05) is 0 Å². The van der Waals surface area contributed by atoms with Crippen LogP contribution in [-0.4, -0.2) is 17.7 Å². The zero-order chi connectivity index (χ0) is 8.59. The van der Waals surface area contributed by atoms with E-state index in [9.17, 15) is 14.4 Å². The number of imide groups is 1. The molecule has 3 amide bonds. The molecule has 5 heteroatoms. The number of hydrogen-bond acceptors (Lipinski definition) is 3. The van der Waals surface area contributed by atoms with Crippen molar-refractivity contribution in [1.29, 1.82) is 0 Å². The second-order valence-corrected chi connectivity index (χ2v) is 2.15. The average Bonchev–Trinajstić information content (AvgIpc) is 2.07. The van der Waals surface area contributed by atoms with E-state index in [-0.39, 0.29) is 11.1 Å². The second kappa shape index (κ2) is 2.19. The van der Waals surface area contributed by atoms with Crippen molar-refractivity contribution in [2.24, 2.45) is 5.73 Å². The van der Waals surface area contributed by atoms with E-state index >= 15 is 0 Å². The number of carbonyl (C=O) groups is 3. The first-order valence-electron chi connectivity index (χ1n) is 2.90. The highest BCUT2D eigenvalue weighted by molar-refractivity contribution is 6.31. The van der Waals surface area contributed by atoms with E-state index < -0.39 is 17.7 Å². The predicted octanol–water partition coefficient (Wildman–Crippen LogP) is -1.56. The first-order valence-corrected chi connectivity index (χ1v) is 2.90. The van der Waals surface area contributed by atoms with Crippen LogP contribution >= 0.6 is 0 Å². The van der Waals surface area contributed by atoms with Crippen molar-refractivity contribution in [2.75, 3.05) is 0 Å². The molecule has 0 spiro atoms. The lowest BCUT2D eigenvalue weighted by atomic mass is 10.1. The minimum atomic E-state index is -0.870. The Labute approximate surface area is 62.2 Å². The molecular formula is C6H6N2O3. The highest BCUT2D eigenvalue weighted by Crippen LogP contribution is 2.10. The van der Waals surface area contributed by atoms with Gasteiger partial charge in [0.2, 0.25) is 0 Å². The Morgan fingerprint density at radius 2 is 1.91 bits per heavy atom. The van der Waals surface area contributed by atoms with E-state index in [4.69, 9.17) is 5.73 Å². The fourth-order valence-electron chi connectivity index (χ4n) is 0.840. The Morgan fingerprint density at radius 1 is 1.36 bits per heavy atom. The highest BCUT2D eigenvalue weighted by Gasteiger charge is 2.30. The van der Waals surface area contributed by atoms with Crippen LogP contribution in [0.5, 0.6) is 0 Å². The zero-order valence-electron chi connectivity index (χ0n) is 5.80. The molecule has 0 radical (unpaired) electrons. The van der Waals surface area contributed by atoms with E-state index in [0.29, 0.717) is 0 Å². The fourth-order valence-corrected chi connectivity index (χ4v) is 0.840. The van der Waals surface area contributed by atoms with Crippen LogP contribution in [0.1, 0.15) is 6.92 Å². The maximum atomic E-state index is 10.7. The molecule has 0 aliphatic carbocycles. The van der Waals surface area contributed by atoms with E-state index in [2.05, 4.69) is 0 Å². The summed E-state index contributed by atoms with van der Waals surface area (Å²) in [6.45, 7) is 1.38. The first kappa shape index (κ1) is 7.46. The molecule has 0 aromatic heterocycles. The molecule has 1 aliphatic rings. The lowest BCUT2D eigenvalue weighted by molar-refractivity contribution is -0.124.